The molecule has 8 N–H and O–H groups in total. The van der Waals surface area contributed by atoms with Crippen LogP contribution in [0.2, 0.25) is 0 Å². The summed E-state index contributed by atoms with van der Waals surface area (Å²) in [6.07, 6.45) is 2.01. The number of rotatable bonds is 0. The molecule has 0 bridgehead atoms. The maximum absolute atomic E-state index is 9.00. The fourth-order valence-electron chi connectivity index (χ4n) is 0.144. The molecule has 9 heavy (non-hydrogen) atoms. The van der Waals surface area contributed by atoms with Crippen LogP contribution in [0.25, 0.3) is 0 Å². The lowest BCUT2D eigenvalue weighted by molar-refractivity contribution is 0.256. The first-order valence-electron chi connectivity index (χ1n) is 2.57. The predicted octanol–water partition coefficient (Wildman–Crippen LogP) is -1.58. The number of carbonyl (C=O) groups is 1. The molecule has 0 aromatic carbocycles. The van der Waals surface area contributed by atoms with Crippen molar-refractivity contribution in [2.75, 3.05) is 0 Å². The smallest absolute Gasteiger partial charge is 0.309 e. The van der Waals surface area contributed by atoms with Gasteiger partial charge in [-0.2, -0.15) is 0 Å². The number of primary amides is 2. The summed E-state index contributed by atoms with van der Waals surface area (Å²) in [5.74, 6) is 0. The van der Waals surface area contributed by atoms with E-state index >= 15 is 0 Å². The SMILES string of the molecule is NC(N)=O.NC1(N)CC1. The molecule has 1 saturated carbocycles. The van der Waals surface area contributed by atoms with Crippen molar-refractivity contribution in [1.82, 2.24) is 0 Å². The van der Waals surface area contributed by atoms with E-state index in [9.17, 15) is 0 Å². The minimum absolute atomic E-state index is 0.250. The van der Waals surface area contributed by atoms with Crippen LogP contribution in [0.1, 0.15) is 12.8 Å². The van der Waals surface area contributed by atoms with Gasteiger partial charge in [0.1, 0.15) is 0 Å². The first-order chi connectivity index (χ1) is 3.94. The van der Waals surface area contributed by atoms with E-state index in [2.05, 4.69) is 11.5 Å². The van der Waals surface area contributed by atoms with Crippen LogP contribution in [0.5, 0.6) is 0 Å². The van der Waals surface area contributed by atoms with Gasteiger partial charge in [0.15, 0.2) is 0 Å². The summed E-state index contributed by atoms with van der Waals surface area (Å²) < 4.78 is 0. The molecule has 0 aromatic rings. The topological polar surface area (TPSA) is 121 Å². The summed E-state index contributed by atoms with van der Waals surface area (Å²) in [6.45, 7) is 0. The summed E-state index contributed by atoms with van der Waals surface area (Å²) >= 11 is 0. The highest BCUT2D eigenvalue weighted by Crippen LogP contribution is 2.24. The molecule has 0 aromatic heterocycles. The summed E-state index contributed by atoms with van der Waals surface area (Å²) in [5.41, 5.74) is 18.7. The largest absolute Gasteiger partial charge is 0.352 e. The highest BCUT2D eigenvalue weighted by Gasteiger charge is 2.32. The molecule has 0 unspecified atom stereocenters. The van der Waals surface area contributed by atoms with Crippen LogP contribution in [-0.2, 0) is 0 Å². The molecule has 0 aliphatic heterocycles. The van der Waals surface area contributed by atoms with Gasteiger partial charge in [0.25, 0.3) is 0 Å². The average Bonchev–Trinajstić information content (AvgIpc) is 2.16. The zero-order valence-corrected chi connectivity index (χ0v) is 5.13. The van der Waals surface area contributed by atoms with Gasteiger partial charge in [0, 0.05) is 0 Å². The van der Waals surface area contributed by atoms with Gasteiger partial charge in [0.05, 0.1) is 5.66 Å². The third kappa shape index (κ3) is 11.0. The average molecular weight is 132 g/mol. The van der Waals surface area contributed by atoms with Crippen molar-refractivity contribution in [2.24, 2.45) is 22.9 Å². The molecule has 1 fully saturated rings. The molecule has 5 heteroatoms. The van der Waals surface area contributed by atoms with Crippen molar-refractivity contribution in [3.05, 3.63) is 0 Å². The lowest BCUT2D eigenvalue weighted by atomic mass is 10.6. The second kappa shape index (κ2) is 2.65. The highest BCUT2D eigenvalue weighted by molar-refractivity contribution is 5.69. The Morgan fingerprint density at radius 2 is 1.33 bits per heavy atom. The third-order valence-corrected chi connectivity index (χ3v) is 0.827. The number of nitrogens with two attached hydrogens (primary N) is 4. The summed E-state index contributed by atoms with van der Waals surface area (Å²) in [7, 11) is 0. The van der Waals surface area contributed by atoms with E-state index in [1.807, 2.05) is 0 Å². The molecule has 2 amide bonds. The minimum Gasteiger partial charge on any atom is -0.352 e. The van der Waals surface area contributed by atoms with Crippen LogP contribution < -0.4 is 22.9 Å². The lowest BCUT2D eigenvalue weighted by Gasteiger charge is -1.89. The molecule has 0 heterocycles. The zero-order chi connectivity index (χ0) is 7.49. The Morgan fingerprint density at radius 3 is 1.33 bits per heavy atom. The number of hydrogen-bond donors (Lipinski definition) is 4. The molecule has 0 radical (unpaired) electrons. The van der Waals surface area contributed by atoms with Gasteiger partial charge in [-0.15, -0.1) is 0 Å². The molecule has 0 saturated heterocycles. The normalized spacial score (nSPS) is 19.3. The van der Waals surface area contributed by atoms with E-state index in [4.69, 9.17) is 16.3 Å². The molecular formula is C4H12N4O. The maximum Gasteiger partial charge on any atom is 0.309 e. The second-order valence-electron chi connectivity index (χ2n) is 2.14. The molecule has 0 spiro atoms. The summed E-state index contributed by atoms with van der Waals surface area (Å²) in [5, 5.41) is 0. The Balaban J connectivity index is 0.000000148. The van der Waals surface area contributed by atoms with Crippen LogP contribution in [0, 0.1) is 0 Å². The van der Waals surface area contributed by atoms with Gasteiger partial charge < -0.3 is 22.9 Å². The Kier molecular flexibility index (Phi) is 2.41. The molecule has 1 rings (SSSR count). The van der Waals surface area contributed by atoms with Gasteiger partial charge >= 0.3 is 6.03 Å². The van der Waals surface area contributed by atoms with Crippen molar-refractivity contribution in [3.63, 3.8) is 0 Å². The van der Waals surface area contributed by atoms with E-state index < -0.39 is 6.03 Å². The van der Waals surface area contributed by atoms with Gasteiger partial charge in [-0.1, -0.05) is 0 Å². The fraction of sp³-hybridized carbons (Fsp3) is 0.750. The van der Waals surface area contributed by atoms with Gasteiger partial charge in [0.2, 0.25) is 0 Å². The van der Waals surface area contributed by atoms with Gasteiger partial charge in [-0.3, -0.25) is 0 Å². The van der Waals surface area contributed by atoms with E-state index in [0.717, 1.165) is 12.8 Å². The quantitative estimate of drug-likeness (QED) is 0.297. The van der Waals surface area contributed by atoms with Crippen LogP contribution in [0.3, 0.4) is 0 Å². The van der Waals surface area contributed by atoms with Gasteiger partial charge in [-0.25, -0.2) is 4.79 Å². The monoisotopic (exact) mass is 132 g/mol. The zero-order valence-electron chi connectivity index (χ0n) is 5.13. The third-order valence-electron chi connectivity index (χ3n) is 0.827. The Morgan fingerprint density at radius 1 is 1.22 bits per heavy atom. The van der Waals surface area contributed by atoms with E-state index in [1.165, 1.54) is 0 Å². The van der Waals surface area contributed by atoms with Crippen LogP contribution in [0.4, 0.5) is 4.79 Å². The maximum atomic E-state index is 9.00. The predicted molar refractivity (Wildman–Crippen MR) is 34.1 cm³/mol. The number of carbonyl (C=O) groups excluding carboxylic acids is 1. The van der Waals surface area contributed by atoms with Crippen molar-refractivity contribution in [3.8, 4) is 0 Å². The minimum atomic E-state index is -0.833. The van der Waals surface area contributed by atoms with Crippen molar-refractivity contribution < 1.29 is 4.79 Å². The molecule has 1 aliphatic rings. The van der Waals surface area contributed by atoms with Gasteiger partial charge in [-0.05, 0) is 12.8 Å². The lowest BCUT2D eigenvalue weighted by Crippen LogP contribution is -2.32. The first-order valence-corrected chi connectivity index (χ1v) is 2.57. The molecule has 54 valence electrons. The summed E-state index contributed by atoms with van der Waals surface area (Å²) in [4.78, 5) is 9.00. The molecule has 5 nitrogen and oxygen atoms in total. The Bertz CT molecular complexity index is 101. The van der Waals surface area contributed by atoms with Crippen LogP contribution >= 0.6 is 0 Å². The number of hydrogen-bond acceptors (Lipinski definition) is 3. The number of urea groups is 1. The molecule has 1 aliphatic carbocycles. The second-order valence-corrected chi connectivity index (χ2v) is 2.14. The first kappa shape index (κ1) is 8.19. The Labute approximate surface area is 53.4 Å². The van der Waals surface area contributed by atoms with Crippen molar-refractivity contribution in [1.29, 1.82) is 0 Å². The van der Waals surface area contributed by atoms with E-state index in [-0.39, 0.29) is 5.66 Å². The van der Waals surface area contributed by atoms with Crippen molar-refractivity contribution >= 4 is 6.03 Å². The Hall–Kier alpha value is -0.810. The fourth-order valence-corrected chi connectivity index (χ4v) is 0.144. The van der Waals surface area contributed by atoms with Crippen LogP contribution in [-0.4, -0.2) is 11.7 Å². The standard InChI is InChI=1S/C3H8N2.CH4N2O/c4-3(5)1-2-3;2-1(3)4/h1-2,4-5H2;(H4,2,3,4). The molecular weight excluding hydrogens is 120 g/mol. The highest BCUT2D eigenvalue weighted by atomic mass is 16.2. The van der Waals surface area contributed by atoms with E-state index in [1.54, 1.807) is 0 Å². The molecule has 0 atom stereocenters. The summed E-state index contributed by atoms with van der Waals surface area (Å²) in [6, 6.07) is -0.833. The van der Waals surface area contributed by atoms with Crippen LogP contribution in [0.15, 0.2) is 0 Å². The van der Waals surface area contributed by atoms with Crippen molar-refractivity contribution in [2.45, 2.75) is 18.5 Å². The number of amides is 2. The van der Waals surface area contributed by atoms with E-state index in [0.29, 0.717) is 0 Å².